The molecule has 0 bridgehead atoms. The van der Waals surface area contributed by atoms with E-state index in [1.807, 2.05) is 0 Å². The average Bonchev–Trinajstić information content (AvgIpc) is 2.50. The monoisotopic (exact) mass is 181 g/mol. The SMILES string of the molecule is CCC1CCC(NC2CC(C)C2)C1. The fourth-order valence-electron chi connectivity index (χ4n) is 2.97. The molecule has 0 aliphatic heterocycles. The van der Waals surface area contributed by atoms with E-state index in [2.05, 4.69) is 19.2 Å². The fraction of sp³-hybridized carbons (Fsp3) is 1.00. The highest BCUT2D eigenvalue weighted by molar-refractivity contribution is 4.88. The molecule has 0 aromatic heterocycles. The van der Waals surface area contributed by atoms with Gasteiger partial charge in [0.05, 0.1) is 0 Å². The van der Waals surface area contributed by atoms with Gasteiger partial charge in [0, 0.05) is 12.1 Å². The van der Waals surface area contributed by atoms with Gasteiger partial charge < -0.3 is 5.32 Å². The van der Waals surface area contributed by atoms with E-state index < -0.39 is 0 Å². The summed E-state index contributed by atoms with van der Waals surface area (Å²) in [7, 11) is 0. The molecule has 0 saturated heterocycles. The molecule has 2 unspecified atom stereocenters. The molecule has 2 saturated carbocycles. The highest BCUT2D eigenvalue weighted by atomic mass is 15.0. The van der Waals surface area contributed by atoms with Gasteiger partial charge in [0.2, 0.25) is 0 Å². The Balaban J connectivity index is 1.66. The minimum atomic E-state index is 0.863. The van der Waals surface area contributed by atoms with Crippen LogP contribution in [0, 0.1) is 11.8 Å². The van der Waals surface area contributed by atoms with Crippen LogP contribution in [0.3, 0.4) is 0 Å². The van der Waals surface area contributed by atoms with Gasteiger partial charge in [-0.15, -0.1) is 0 Å². The minimum Gasteiger partial charge on any atom is -0.311 e. The van der Waals surface area contributed by atoms with Crippen LogP contribution in [-0.2, 0) is 0 Å². The summed E-state index contributed by atoms with van der Waals surface area (Å²) >= 11 is 0. The van der Waals surface area contributed by atoms with Crippen molar-refractivity contribution in [2.24, 2.45) is 11.8 Å². The average molecular weight is 181 g/mol. The standard InChI is InChI=1S/C12H23N/c1-3-10-4-5-11(8-10)13-12-6-9(2)7-12/h9-13H,3-8H2,1-2H3. The lowest BCUT2D eigenvalue weighted by atomic mass is 9.81. The molecule has 2 aliphatic rings. The molecule has 0 radical (unpaired) electrons. The van der Waals surface area contributed by atoms with Crippen LogP contribution in [0.25, 0.3) is 0 Å². The molecule has 1 N–H and O–H groups in total. The van der Waals surface area contributed by atoms with Crippen LogP contribution in [0.5, 0.6) is 0 Å². The van der Waals surface area contributed by atoms with Gasteiger partial charge in [-0.05, 0) is 43.9 Å². The summed E-state index contributed by atoms with van der Waals surface area (Å²) in [6.07, 6.45) is 8.58. The molecular weight excluding hydrogens is 158 g/mol. The number of hydrogen-bond acceptors (Lipinski definition) is 1. The second-order valence-electron chi connectivity index (χ2n) is 5.22. The molecule has 0 aromatic rings. The van der Waals surface area contributed by atoms with E-state index in [-0.39, 0.29) is 0 Å². The van der Waals surface area contributed by atoms with Gasteiger partial charge in [-0.25, -0.2) is 0 Å². The third kappa shape index (κ3) is 2.25. The Bertz CT molecular complexity index is 161. The summed E-state index contributed by atoms with van der Waals surface area (Å²) in [5.41, 5.74) is 0. The van der Waals surface area contributed by atoms with Crippen LogP contribution in [0.2, 0.25) is 0 Å². The maximum absolute atomic E-state index is 3.81. The second kappa shape index (κ2) is 4.00. The number of hydrogen-bond donors (Lipinski definition) is 1. The molecule has 0 amide bonds. The van der Waals surface area contributed by atoms with E-state index in [9.17, 15) is 0 Å². The molecule has 76 valence electrons. The zero-order valence-electron chi connectivity index (χ0n) is 9.05. The molecule has 1 heteroatoms. The van der Waals surface area contributed by atoms with Crippen LogP contribution < -0.4 is 5.32 Å². The third-order valence-electron chi connectivity index (χ3n) is 3.96. The highest BCUT2D eigenvalue weighted by Crippen LogP contribution is 2.32. The quantitative estimate of drug-likeness (QED) is 0.706. The van der Waals surface area contributed by atoms with Gasteiger partial charge in [0.25, 0.3) is 0 Å². The van der Waals surface area contributed by atoms with Gasteiger partial charge in [0.1, 0.15) is 0 Å². The van der Waals surface area contributed by atoms with Crippen molar-refractivity contribution in [3.63, 3.8) is 0 Å². The maximum Gasteiger partial charge on any atom is 0.00747 e. The van der Waals surface area contributed by atoms with Crippen LogP contribution in [-0.4, -0.2) is 12.1 Å². The van der Waals surface area contributed by atoms with Crippen molar-refractivity contribution in [2.75, 3.05) is 0 Å². The van der Waals surface area contributed by atoms with E-state index in [0.717, 1.165) is 23.9 Å². The Kier molecular flexibility index (Phi) is 2.92. The van der Waals surface area contributed by atoms with Gasteiger partial charge in [-0.1, -0.05) is 20.3 Å². The molecular formula is C12H23N. The third-order valence-corrected chi connectivity index (χ3v) is 3.96. The Morgan fingerprint density at radius 2 is 1.85 bits per heavy atom. The van der Waals surface area contributed by atoms with Gasteiger partial charge >= 0.3 is 0 Å². The van der Waals surface area contributed by atoms with Crippen molar-refractivity contribution in [3.05, 3.63) is 0 Å². The Hall–Kier alpha value is -0.0400. The topological polar surface area (TPSA) is 12.0 Å². The zero-order valence-corrected chi connectivity index (χ0v) is 9.05. The first-order chi connectivity index (χ1) is 6.28. The Labute approximate surface area is 82.3 Å². The first kappa shape index (κ1) is 9.51. The number of rotatable bonds is 3. The molecule has 0 aromatic carbocycles. The van der Waals surface area contributed by atoms with Crippen molar-refractivity contribution in [3.8, 4) is 0 Å². The smallest absolute Gasteiger partial charge is 0.00747 e. The fourth-order valence-corrected chi connectivity index (χ4v) is 2.97. The van der Waals surface area contributed by atoms with Crippen LogP contribution in [0.1, 0.15) is 52.4 Å². The van der Waals surface area contributed by atoms with Crippen molar-refractivity contribution in [1.29, 1.82) is 0 Å². The largest absolute Gasteiger partial charge is 0.311 e. The van der Waals surface area contributed by atoms with E-state index >= 15 is 0 Å². The minimum absolute atomic E-state index is 0.863. The van der Waals surface area contributed by atoms with E-state index in [4.69, 9.17) is 0 Å². The molecule has 2 atom stereocenters. The first-order valence-electron chi connectivity index (χ1n) is 6.04. The van der Waals surface area contributed by atoms with Crippen molar-refractivity contribution in [1.82, 2.24) is 5.32 Å². The summed E-state index contributed by atoms with van der Waals surface area (Å²) in [5.74, 6) is 2.01. The normalized spacial score (nSPS) is 44.8. The van der Waals surface area contributed by atoms with Crippen molar-refractivity contribution < 1.29 is 0 Å². The van der Waals surface area contributed by atoms with Crippen LogP contribution >= 0.6 is 0 Å². The van der Waals surface area contributed by atoms with Gasteiger partial charge in [-0.2, -0.15) is 0 Å². The van der Waals surface area contributed by atoms with Crippen LogP contribution in [0.15, 0.2) is 0 Å². The summed E-state index contributed by atoms with van der Waals surface area (Å²) in [6.45, 7) is 4.69. The van der Waals surface area contributed by atoms with Gasteiger partial charge in [-0.3, -0.25) is 0 Å². The van der Waals surface area contributed by atoms with E-state index in [0.29, 0.717) is 0 Å². The lowest BCUT2D eigenvalue weighted by molar-refractivity contribution is 0.221. The molecule has 2 rings (SSSR count). The lowest BCUT2D eigenvalue weighted by Gasteiger charge is -2.35. The van der Waals surface area contributed by atoms with Crippen LogP contribution in [0.4, 0.5) is 0 Å². The summed E-state index contributed by atoms with van der Waals surface area (Å²) in [6, 6.07) is 1.73. The molecule has 2 fully saturated rings. The molecule has 13 heavy (non-hydrogen) atoms. The lowest BCUT2D eigenvalue weighted by Crippen LogP contribution is -2.44. The summed E-state index contributed by atoms with van der Waals surface area (Å²) < 4.78 is 0. The Morgan fingerprint density at radius 3 is 2.38 bits per heavy atom. The van der Waals surface area contributed by atoms with Crippen molar-refractivity contribution >= 4 is 0 Å². The van der Waals surface area contributed by atoms with E-state index in [1.165, 1.54) is 38.5 Å². The maximum atomic E-state index is 3.81. The predicted molar refractivity (Wildman–Crippen MR) is 56.7 cm³/mol. The molecule has 1 nitrogen and oxygen atoms in total. The van der Waals surface area contributed by atoms with E-state index in [1.54, 1.807) is 0 Å². The molecule has 0 heterocycles. The summed E-state index contributed by atoms with van der Waals surface area (Å²) in [4.78, 5) is 0. The second-order valence-corrected chi connectivity index (χ2v) is 5.22. The first-order valence-corrected chi connectivity index (χ1v) is 6.04. The predicted octanol–water partition coefficient (Wildman–Crippen LogP) is 2.95. The highest BCUT2D eigenvalue weighted by Gasteiger charge is 2.30. The molecule has 0 spiro atoms. The van der Waals surface area contributed by atoms with Crippen molar-refractivity contribution in [2.45, 2.75) is 64.5 Å². The summed E-state index contributed by atoms with van der Waals surface area (Å²) in [5, 5.41) is 3.81. The zero-order chi connectivity index (χ0) is 9.26. The Morgan fingerprint density at radius 1 is 1.08 bits per heavy atom. The van der Waals surface area contributed by atoms with Gasteiger partial charge in [0.15, 0.2) is 0 Å². The number of nitrogens with one attached hydrogen (secondary N) is 1. The molecule has 2 aliphatic carbocycles.